The van der Waals surface area contributed by atoms with Gasteiger partial charge in [-0.3, -0.25) is 4.79 Å². The molecule has 1 amide bonds. The van der Waals surface area contributed by atoms with Gasteiger partial charge in [0.15, 0.2) is 0 Å². The van der Waals surface area contributed by atoms with E-state index in [4.69, 9.17) is 0 Å². The molecule has 1 aliphatic rings. The van der Waals surface area contributed by atoms with E-state index >= 15 is 0 Å². The van der Waals surface area contributed by atoms with Crippen molar-refractivity contribution in [1.82, 2.24) is 9.21 Å². The monoisotopic (exact) mass is 428 g/mol. The fourth-order valence-electron chi connectivity index (χ4n) is 2.59. The molecule has 8 heteroatoms. The fourth-order valence-corrected chi connectivity index (χ4v) is 5.11. The molecule has 128 valence electrons. The number of hydrogen-bond acceptors (Lipinski definition) is 4. The molecule has 1 fully saturated rings. The van der Waals surface area contributed by atoms with Crippen molar-refractivity contribution in [2.24, 2.45) is 0 Å². The van der Waals surface area contributed by atoms with Crippen molar-refractivity contribution in [2.75, 3.05) is 26.2 Å². The second-order valence-corrected chi connectivity index (χ2v) is 9.70. The number of nitrogens with zero attached hydrogens (tertiary/aromatic N) is 2. The lowest BCUT2D eigenvalue weighted by Gasteiger charge is -2.33. The van der Waals surface area contributed by atoms with Crippen molar-refractivity contribution in [3.05, 3.63) is 50.6 Å². The minimum Gasteiger partial charge on any atom is -0.335 e. The number of benzene rings is 1. The van der Waals surface area contributed by atoms with Crippen molar-refractivity contribution in [2.45, 2.75) is 11.8 Å². The zero-order chi connectivity index (χ0) is 17.3. The molecule has 1 aromatic heterocycles. The number of rotatable bonds is 3. The highest BCUT2D eigenvalue weighted by Gasteiger charge is 2.30. The van der Waals surface area contributed by atoms with Crippen molar-refractivity contribution in [1.29, 1.82) is 0 Å². The van der Waals surface area contributed by atoms with Crippen LogP contribution in [0.4, 0.5) is 0 Å². The normalized spacial score (nSPS) is 16.3. The molecule has 1 saturated heterocycles. The third-order valence-corrected chi connectivity index (χ3v) is 7.36. The van der Waals surface area contributed by atoms with E-state index in [2.05, 4.69) is 15.9 Å². The molecule has 0 unspecified atom stereocenters. The third kappa shape index (κ3) is 3.56. The number of carbonyl (C=O) groups is 1. The average molecular weight is 429 g/mol. The first-order chi connectivity index (χ1) is 11.4. The fraction of sp³-hybridized carbons (Fsp3) is 0.312. The van der Waals surface area contributed by atoms with Gasteiger partial charge in [-0.05, 0) is 43.3 Å². The molecule has 0 N–H and O–H groups in total. The van der Waals surface area contributed by atoms with Crippen LogP contribution >= 0.6 is 27.3 Å². The van der Waals surface area contributed by atoms with Gasteiger partial charge in [-0.1, -0.05) is 15.9 Å². The number of piperazine rings is 1. The van der Waals surface area contributed by atoms with E-state index in [-0.39, 0.29) is 10.8 Å². The summed E-state index contributed by atoms with van der Waals surface area (Å²) in [5.74, 6) is -0.0196. The van der Waals surface area contributed by atoms with Crippen molar-refractivity contribution >= 4 is 43.2 Å². The molecule has 2 heterocycles. The van der Waals surface area contributed by atoms with E-state index in [1.54, 1.807) is 29.2 Å². The summed E-state index contributed by atoms with van der Waals surface area (Å²) in [7, 11) is -3.51. The van der Waals surface area contributed by atoms with E-state index in [9.17, 15) is 13.2 Å². The summed E-state index contributed by atoms with van der Waals surface area (Å²) in [5, 5.41) is 0. The Morgan fingerprint density at radius 3 is 2.21 bits per heavy atom. The van der Waals surface area contributed by atoms with Crippen LogP contribution in [0.5, 0.6) is 0 Å². The minimum atomic E-state index is -3.51. The Morgan fingerprint density at radius 1 is 1.04 bits per heavy atom. The van der Waals surface area contributed by atoms with Crippen LogP contribution in [-0.4, -0.2) is 49.7 Å². The van der Waals surface area contributed by atoms with Crippen LogP contribution in [0.1, 0.15) is 14.5 Å². The smallest absolute Gasteiger partial charge is 0.264 e. The Morgan fingerprint density at radius 2 is 1.67 bits per heavy atom. The zero-order valence-corrected chi connectivity index (χ0v) is 16.3. The Labute approximate surface area is 154 Å². The Balaban J connectivity index is 1.68. The summed E-state index contributed by atoms with van der Waals surface area (Å²) in [6, 6.07) is 10.4. The SMILES string of the molecule is Cc1ccc(C(=O)N2CCN(S(=O)(=O)c3ccc(Br)cc3)CC2)s1. The van der Waals surface area contributed by atoms with Gasteiger partial charge in [-0.15, -0.1) is 11.3 Å². The predicted molar refractivity (Wildman–Crippen MR) is 97.9 cm³/mol. The molecule has 0 atom stereocenters. The van der Waals surface area contributed by atoms with Gasteiger partial charge in [0.2, 0.25) is 10.0 Å². The van der Waals surface area contributed by atoms with E-state index < -0.39 is 10.0 Å². The summed E-state index contributed by atoms with van der Waals surface area (Å²) in [5.41, 5.74) is 0. The predicted octanol–water partition coefficient (Wildman–Crippen LogP) is 2.97. The molecule has 1 aromatic carbocycles. The first-order valence-electron chi connectivity index (χ1n) is 7.49. The Hall–Kier alpha value is -1.22. The molecule has 24 heavy (non-hydrogen) atoms. The van der Waals surface area contributed by atoms with Gasteiger partial charge in [-0.25, -0.2) is 8.42 Å². The lowest BCUT2D eigenvalue weighted by molar-refractivity contribution is 0.0703. The molecule has 0 spiro atoms. The lowest BCUT2D eigenvalue weighted by atomic mass is 10.3. The van der Waals surface area contributed by atoms with Gasteiger partial charge in [0.1, 0.15) is 0 Å². The van der Waals surface area contributed by atoms with Crippen molar-refractivity contribution in [3.63, 3.8) is 0 Å². The summed E-state index contributed by atoms with van der Waals surface area (Å²) in [6.45, 7) is 3.41. The van der Waals surface area contributed by atoms with E-state index in [0.29, 0.717) is 31.1 Å². The van der Waals surface area contributed by atoms with Crippen LogP contribution in [0.25, 0.3) is 0 Å². The third-order valence-electron chi connectivity index (χ3n) is 3.93. The maximum Gasteiger partial charge on any atom is 0.264 e. The highest BCUT2D eigenvalue weighted by atomic mass is 79.9. The molecule has 0 saturated carbocycles. The number of amides is 1. The number of aryl methyl sites for hydroxylation is 1. The largest absolute Gasteiger partial charge is 0.335 e. The number of sulfonamides is 1. The van der Waals surface area contributed by atoms with Gasteiger partial charge in [0, 0.05) is 35.5 Å². The lowest BCUT2D eigenvalue weighted by Crippen LogP contribution is -2.50. The Kier molecular flexibility index (Phi) is 5.10. The molecule has 2 aromatic rings. The van der Waals surface area contributed by atoms with Crippen LogP contribution in [0.2, 0.25) is 0 Å². The quantitative estimate of drug-likeness (QED) is 0.754. The number of thiophene rings is 1. The van der Waals surface area contributed by atoms with E-state index in [0.717, 1.165) is 9.35 Å². The van der Waals surface area contributed by atoms with Gasteiger partial charge in [-0.2, -0.15) is 4.31 Å². The minimum absolute atomic E-state index is 0.0196. The first kappa shape index (κ1) is 17.6. The van der Waals surface area contributed by atoms with Crippen LogP contribution in [-0.2, 0) is 10.0 Å². The van der Waals surface area contributed by atoms with Crippen LogP contribution in [0.3, 0.4) is 0 Å². The van der Waals surface area contributed by atoms with Gasteiger partial charge < -0.3 is 4.90 Å². The van der Waals surface area contributed by atoms with Gasteiger partial charge >= 0.3 is 0 Å². The maximum absolute atomic E-state index is 12.7. The zero-order valence-electron chi connectivity index (χ0n) is 13.1. The summed E-state index contributed by atoms with van der Waals surface area (Å²) < 4.78 is 27.6. The van der Waals surface area contributed by atoms with E-state index in [1.165, 1.54) is 15.6 Å². The van der Waals surface area contributed by atoms with E-state index in [1.807, 2.05) is 19.1 Å². The first-order valence-corrected chi connectivity index (χ1v) is 10.5. The number of carbonyl (C=O) groups excluding carboxylic acids is 1. The average Bonchev–Trinajstić information content (AvgIpc) is 3.01. The standard InChI is InChI=1S/C16H17BrN2O3S2/c1-12-2-7-15(23-12)16(20)18-8-10-19(11-9-18)24(21,22)14-5-3-13(17)4-6-14/h2-7H,8-11H2,1H3. The molecule has 1 aliphatic heterocycles. The summed E-state index contributed by atoms with van der Waals surface area (Å²) >= 11 is 4.77. The molecule has 0 bridgehead atoms. The highest BCUT2D eigenvalue weighted by Crippen LogP contribution is 2.22. The second-order valence-electron chi connectivity index (χ2n) is 5.56. The molecule has 5 nitrogen and oxygen atoms in total. The molecular weight excluding hydrogens is 412 g/mol. The van der Waals surface area contributed by atoms with Gasteiger partial charge in [0.25, 0.3) is 5.91 Å². The second kappa shape index (κ2) is 6.95. The molecule has 0 radical (unpaired) electrons. The molecular formula is C16H17BrN2O3S2. The topological polar surface area (TPSA) is 57.7 Å². The maximum atomic E-state index is 12.7. The van der Waals surface area contributed by atoms with Crippen molar-refractivity contribution < 1.29 is 13.2 Å². The molecule has 3 rings (SSSR count). The van der Waals surface area contributed by atoms with Crippen LogP contribution in [0, 0.1) is 6.92 Å². The highest BCUT2D eigenvalue weighted by molar-refractivity contribution is 9.10. The van der Waals surface area contributed by atoms with Crippen LogP contribution < -0.4 is 0 Å². The number of hydrogen-bond donors (Lipinski definition) is 0. The Bertz CT molecular complexity index is 838. The van der Waals surface area contributed by atoms with Gasteiger partial charge in [0.05, 0.1) is 9.77 Å². The summed E-state index contributed by atoms with van der Waals surface area (Å²) in [4.78, 5) is 16.2. The van der Waals surface area contributed by atoms with Crippen molar-refractivity contribution in [3.8, 4) is 0 Å². The number of halogens is 1. The summed E-state index contributed by atoms with van der Waals surface area (Å²) in [6.07, 6.45) is 0. The molecule has 0 aliphatic carbocycles. The van der Waals surface area contributed by atoms with Crippen LogP contribution in [0.15, 0.2) is 45.8 Å².